The largest absolute Gasteiger partial charge is 0.381 e. The Morgan fingerprint density at radius 2 is 2.00 bits per heavy atom. The molecule has 0 unspecified atom stereocenters. The summed E-state index contributed by atoms with van der Waals surface area (Å²) in [7, 11) is 0. The molecule has 3 nitrogen and oxygen atoms in total. The molecule has 90 valence electrons. The van der Waals surface area contributed by atoms with Crippen LogP contribution >= 0.6 is 0 Å². The van der Waals surface area contributed by atoms with E-state index >= 15 is 0 Å². The zero-order valence-electron chi connectivity index (χ0n) is 10.1. The van der Waals surface area contributed by atoms with E-state index in [9.17, 15) is 0 Å². The van der Waals surface area contributed by atoms with Crippen LogP contribution in [0, 0.1) is 0 Å². The van der Waals surface area contributed by atoms with Crippen molar-refractivity contribution in [2.24, 2.45) is 0 Å². The SMILES string of the molecule is CCCOCCCNC1CC(OCC)C1. The summed E-state index contributed by atoms with van der Waals surface area (Å²) in [6, 6.07) is 0.688. The van der Waals surface area contributed by atoms with Gasteiger partial charge in [-0.2, -0.15) is 0 Å². The highest BCUT2D eigenvalue weighted by molar-refractivity contribution is 4.85. The summed E-state index contributed by atoms with van der Waals surface area (Å²) in [6.45, 7) is 7.92. The lowest BCUT2D eigenvalue weighted by Gasteiger charge is -2.35. The molecule has 0 amide bonds. The minimum Gasteiger partial charge on any atom is -0.381 e. The monoisotopic (exact) mass is 215 g/mol. The van der Waals surface area contributed by atoms with Gasteiger partial charge in [0.1, 0.15) is 0 Å². The summed E-state index contributed by atoms with van der Waals surface area (Å²) in [6.07, 6.45) is 5.12. The van der Waals surface area contributed by atoms with Crippen LogP contribution in [-0.2, 0) is 9.47 Å². The minimum absolute atomic E-state index is 0.517. The van der Waals surface area contributed by atoms with Crippen molar-refractivity contribution < 1.29 is 9.47 Å². The zero-order valence-corrected chi connectivity index (χ0v) is 10.1. The Morgan fingerprint density at radius 3 is 2.67 bits per heavy atom. The third kappa shape index (κ3) is 5.50. The van der Waals surface area contributed by atoms with Crippen molar-refractivity contribution in [2.45, 2.75) is 51.7 Å². The standard InChI is InChI=1S/C12H25NO2/c1-3-7-14-8-5-6-13-11-9-12(10-11)15-4-2/h11-13H,3-10H2,1-2H3. The van der Waals surface area contributed by atoms with Crippen LogP contribution in [-0.4, -0.2) is 38.5 Å². The molecule has 1 fully saturated rings. The summed E-state index contributed by atoms with van der Waals surface area (Å²) >= 11 is 0. The Kier molecular flexibility index (Phi) is 6.98. The van der Waals surface area contributed by atoms with Gasteiger partial charge < -0.3 is 14.8 Å². The third-order valence-electron chi connectivity index (χ3n) is 2.74. The fraction of sp³-hybridized carbons (Fsp3) is 1.00. The first-order valence-corrected chi connectivity index (χ1v) is 6.29. The molecular formula is C12H25NO2. The van der Waals surface area contributed by atoms with E-state index in [1.54, 1.807) is 0 Å². The van der Waals surface area contributed by atoms with E-state index < -0.39 is 0 Å². The van der Waals surface area contributed by atoms with Crippen LogP contribution in [0.15, 0.2) is 0 Å². The predicted octanol–water partition coefficient (Wildman–Crippen LogP) is 1.96. The highest BCUT2D eigenvalue weighted by Gasteiger charge is 2.28. The van der Waals surface area contributed by atoms with Crippen LogP contribution in [0.5, 0.6) is 0 Å². The fourth-order valence-electron chi connectivity index (χ4n) is 1.83. The van der Waals surface area contributed by atoms with Crippen molar-refractivity contribution in [3.63, 3.8) is 0 Å². The third-order valence-corrected chi connectivity index (χ3v) is 2.74. The van der Waals surface area contributed by atoms with Crippen molar-refractivity contribution in [1.82, 2.24) is 5.32 Å². The molecule has 1 rings (SSSR count). The quantitative estimate of drug-likeness (QED) is 0.596. The molecule has 0 aromatic rings. The average molecular weight is 215 g/mol. The van der Waals surface area contributed by atoms with E-state index in [1.165, 1.54) is 12.8 Å². The smallest absolute Gasteiger partial charge is 0.0604 e. The molecule has 1 aliphatic carbocycles. The van der Waals surface area contributed by atoms with E-state index in [0.717, 1.165) is 39.2 Å². The molecule has 0 aromatic carbocycles. The fourth-order valence-corrected chi connectivity index (χ4v) is 1.83. The van der Waals surface area contributed by atoms with Gasteiger partial charge in [-0.15, -0.1) is 0 Å². The van der Waals surface area contributed by atoms with E-state index in [0.29, 0.717) is 12.1 Å². The van der Waals surface area contributed by atoms with Gasteiger partial charge in [0.15, 0.2) is 0 Å². The second-order valence-corrected chi connectivity index (χ2v) is 4.17. The van der Waals surface area contributed by atoms with Gasteiger partial charge in [0, 0.05) is 25.9 Å². The van der Waals surface area contributed by atoms with Crippen LogP contribution in [0.4, 0.5) is 0 Å². The maximum absolute atomic E-state index is 5.50. The number of ether oxygens (including phenoxy) is 2. The van der Waals surface area contributed by atoms with Crippen molar-refractivity contribution in [2.75, 3.05) is 26.4 Å². The van der Waals surface area contributed by atoms with E-state index in [4.69, 9.17) is 9.47 Å². The van der Waals surface area contributed by atoms with Crippen LogP contribution in [0.2, 0.25) is 0 Å². The van der Waals surface area contributed by atoms with Crippen LogP contribution in [0.25, 0.3) is 0 Å². The summed E-state index contributed by atoms with van der Waals surface area (Å²) in [5.41, 5.74) is 0. The molecule has 0 bridgehead atoms. The van der Waals surface area contributed by atoms with Gasteiger partial charge in [-0.3, -0.25) is 0 Å². The summed E-state index contributed by atoms with van der Waals surface area (Å²) in [5.74, 6) is 0. The van der Waals surface area contributed by atoms with Gasteiger partial charge in [0.25, 0.3) is 0 Å². The molecule has 1 saturated carbocycles. The Morgan fingerprint density at radius 1 is 1.20 bits per heavy atom. The van der Waals surface area contributed by atoms with Crippen molar-refractivity contribution >= 4 is 0 Å². The Hall–Kier alpha value is -0.120. The van der Waals surface area contributed by atoms with Crippen molar-refractivity contribution in [1.29, 1.82) is 0 Å². The molecule has 1 aliphatic rings. The van der Waals surface area contributed by atoms with E-state index in [2.05, 4.69) is 19.2 Å². The first-order chi connectivity index (χ1) is 7.36. The Bertz CT molecular complexity index is 147. The molecule has 0 radical (unpaired) electrons. The second-order valence-electron chi connectivity index (χ2n) is 4.17. The Balaban J connectivity index is 1.78. The molecule has 3 heteroatoms. The van der Waals surface area contributed by atoms with Crippen LogP contribution in [0.3, 0.4) is 0 Å². The topological polar surface area (TPSA) is 30.5 Å². The zero-order chi connectivity index (χ0) is 10.9. The molecular weight excluding hydrogens is 190 g/mol. The number of nitrogens with one attached hydrogen (secondary N) is 1. The van der Waals surface area contributed by atoms with Gasteiger partial charge in [0.05, 0.1) is 6.10 Å². The van der Waals surface area contributed by atoms with Gasteiger partial charge in [-0.1, -0.05) is 6.92 Å². The predicted molar refractivity (Wildman–Crippen MR) is 62.2 cm³/mol. The number of rotatable bonds is 9. The molecule has 0 heterocycles. The summed E-state index contributed by atoms with van der Waals surface area (Å²) < 4.78 is 10.9. The highest BCUT2D eigenvalue weighted by atomic mass is 16.5. The summed E-state index contributed by atoms with van der Waals surface area (Å²) in [4.78, 5) is 0. The first kappa shape index (κ1) is 12.9. The molecule has 1 N–H and O–H groups in total. The summed E-state index contributed by atoms with van der Waals surface area (Å²) in [5, 5.41) is 3.52. The van der Waals surface area contributed by atoms with Crippen LogP contribution in [0.1, 0.15) is 39.5 Å². The lowest BCUT2D eigenvalue weighted by molar-refractivity contribution is -0.0101. The van der Waals surface area contributed by atoms with Gasteiger partial charge in [-0.25, -0.2) is 0 Å². The highest BCUT2D eigenvalue weighted by Crippen LogP contribution is 2.22. The van der Waals surface area contributed by atoms with Crippen LogP contribution < -0.4 is 5.32 Å². The normalized spacial score (nSPS) is 25.2. The number of hydrogen-bond donors (Lipinski definition) is 1. The van der Waals surface area contributed by atoms with Gasteiger partial charge in [-0.05, 0) is 39.2 Å². The first-order valence-electron chi connectivity index (χ1n) is 6.29. The van der Waals surface area contributed by atoms with Gasteiger partial charge in [0.2, 0.25) is 0 Å². The van der Waals surface area contributed by atoms with E-state index in [1.807, 2.05) is 0 Å². The molecule has 0 spiro atoms. The molecule has 0 aromatic heterocycles. The minimum atomic E-state index is 0.517. The second kappa shape index (κ2) is 8.08. The lowest BCUT2D eigenvalue weighted by Crippen LogP contribution is -2.45. The maximum atomic E-state index is 5.50. The maximum Gasteiger partial charge on any atom is 0.0604 e. The molecule has 0 aliphatic heterocycles. The van der Waals surface area contributed by atoms with Gasteiger partial charge >= 0.3 is 0 Å². The van der Waals surface area contributed by atoms with Crippen molar-refractivity contribution in [3.8, 4) is 0 Å². The van der Waals surface area contributed by atoms with E-state index in [-0.39, 0.29) is 0 Å². The lowest BCUT2D eigenvalue weighted by atomic mass is 9.89. The Labute approximate surface area is 93.5 Å². The molecule has 0 saturated heterocycles. The molecule has 15 heavy (non-hydrogen) atoms. The van der Waals surface area contributed by atoms with Crippen molar-refractivity contribution in [3.05, 3.63) is 0 Å². The number of hydrogen-bond acceptors (Lipinski definition) is 3. The average Bonchev–Trinajstić information content (AvgIpc) is 2.19. The molecule has 0 atom stereocenters.